The first-order valence-corrected chi connectivity index (χ1v) is 12.8. The van der Waals surface area contributed by atoms with Crippen molar-refractivity contribution < 1.29 is 32.5 Å². The Balaban J connectivity index is 1.55. The van der Waals surface area contributed by atoms with Crippen molar-refractivity contribution in [3.8, 4) is 0 Å². The molecule has 1 saturated carbocycles. The third-order valence-corrected chi connectivity index (χ3v) is 9.82. The SMILES string of the molecule is Cc1ccc(S(=O)(=O)C2=CC34C=CC2C(=O)[C@]32O[C@@H]2[C@H](C(C)(C)O)[C@@H]2OC(C)(C)O[C@@H]24)cc1. The fraction of sp³-hybridized carbons (Fsp3) is 0.560. The lowest BCUT2D eigenvalue weighted by Gasteiger charge is -2.52. The van der Waals surface area contributed by atoms with Crippen molar-refractivity contribution in [1.82, 2.24) is 0 Å². The summed E-state index contributed by atoms with van der Waals surface area (Å²) in [6.07, 6.45) is 3.37. The van der Waals surface area contributed by atoms with Crippen molar-refractivity contribution in [2.24, 2.45) is 17.3 Å². The molecule has 2 saturated heterocycles. The van der Waals surface area contributed by atoms with Crippen LogP contribution < -0.4 is 0 Å². The molecule has 8 heteroatoms. The van der Waals surface area contributed by atoms with Crippen LogP contribution in [-0.2, 0) is 28.8 Å². The van der Waals surface area contributed by atoms with Gasteiger partial charge in [-0.05, 0) is 46.8 Å². The molecule has 176 valence electrons. The maximum absolute atomic E-state index is 13.9. The van der Waals surface area contributed by atoms with Gasteiger partial charge in [-0.1, -0.05) is 35.9 Å². The highest BCUT2D eigenvalue weighted by atomic mass is 32.2. The fourth-order valence-corrected chi connectivity index (χ4v) is 8.14. The van der Waals surface area contributed by atoms with E-state index in [1.807, 2.05) is 13.0 Å². The molecule has 7 atom stereocenters. The Morgan fingerprint density at radius 1 is 1.03 bits per heavy atom. The lowest BCUT2D eigenvalue weighted by Crippen LogP contribution is -2.68. The molecule has 2 spiro atoms. The first kappa shape index (κ1) is 21.7. The van der Waals surface area contributed by atoms with E-state index in [1.54, 1.807) is 64.1 Å². The molecular formula is C25H28O7S. The number of Topliss-reactive ketones (excluding diaryl/α,β-unsaturated/α-hetero) is 1. The Labute approximate surface area is 193 Å². The molecule has 2 heterocycles. The molecule has 2 aliphatic heterocycles. The number of aryl methyl sites for hydroxylation is 1. The van der Waals surface area contributed by atoms with Gasteiger partial charge in [0, 0.05) is 5.92 Å². The summed E-state index contributed by atoms with van der Waals surface area (Å²) in [5.41, 5.74) is -2.63. The molecule has 4 aliphatic carbocycles. The highest BCUT2D eigenvalue weighted by Crippen LogP contribution is 2.71. The van der Waals surface area contributed by atoms with Crippen molar-refractivity contribution >= 4 is 15.6 Å². The average Bonchev–Trinajstić information content (AvgIpc) is 3.35. The number of ketones is 1. The van der Waals surface area contributed by atoms with Crippen LogP contribution in [0.2, 0.25) is 0 Å². The van der Waals surface area contributed by atoms with Gasteiger partial charge in [-0.15, -0.1) is 0 Å². The molecule has 0 radical (unpaired) electrons. The van der Waals surface area contributed by atoms with E-state index in [4.69, 9.17) is 14.2 Å². The number of benzene rings is 1. The van der Waals surface area contributed by atoms with Crippen LogP contribution in [-0.4, -0.2) is 54.6 Å². The fourth-order valence-electron chi connectivity index (χ4n) is 6.51. The molecule has 3 fully saturated rings. The number of fused-ring (bicyclic) bond motifs is 1. The lowest BCUT2D eigenvalue weighted by molar-refractivity contribution is -0.164. The Kier molecular flexibility index (Phi) is 3.97. The molecule has 0 amide bonds. The van der Waals surface area contributed by atoms with E-state index in [2.05, 4.69) is 0 Å². The smallest absolute Gasteiger partial charge is 0.203 e. The minimum absolute atomic E-state index is 0.0625. The van der Waals surface area contributed by atoms with Crippen LogP contribution in [0.25, 0.3) is 0 Å². The van der Waals surface area contributed by atoms with Gasteiger partial charge in [0.2, 0.25) is 9.84 Å². The lowest BCUT2D eigenvalue weighted by atomic mass is 9.51. The van der Waals surface area contributed by atoms with Crippen LogP contribution >= 0.6 is 0 Å². The van der Waals surface area contributed by atoms with Crippen LogP contribution in [0, 0.1) is 24.2 Å². The van der Waals surface area contributed by atoms with Gasteiger partial charge in [0.15, 0.2) is 17.2 Å². The standard InChI is InChI=1S/C25H28O7S/c1-13-6-8-14(9-7-13)33(28,29)16-12-24-11-10-15(16)19(26)25(24)20(32-25)17(22(2,3)27)18-21(24)31-23(4,5)30-18/h6-12,15,17-18,20-21,27H,1-5H3/t15?,17-,18+,20-,21+,24?,25-/m1/s1. The van der Waals surface area contributed by atoms with E-state index in [1.165, 1.54) is 0 Å². The number of epoxide rings is 1. The summed E-state index contributed by atoms with van der Waals surface area (Å²) in [6, 6.07) is 6.62. The summed E-state index contributed by atoms with van der Waals surface area (Å²) < 4.78 is 46.1. The van der Waals surface area contributed by atoms with E-state index >= 15 is 0 Å². The van der Waals surface area contributed by atoms with Gasteiger partial charge in [0.1, 0.15) is 12.2 Å². The number of rotatable bonds is 3. The highest BCUT2D eigenvalue weighted by molar-refractivity contribution is 7.95. The summed E-state index contributed by atoms with van der Waals surface area (Å²) in [6.45, 7) is 8.83. The molecule has 33 heavy (non-hydrogen) atoms. The summed E-state index contributed by atoms with van der Waals surface area (Å²) in [4.78, 5) is 14.1. The number of hydrogen-bond donors (Lipinski definition) is 1. The van der Waals surface area contributed by atoms with E-state index in [0.29, 0.717) is 0 Å². The maximum Gasteiger partial charge on any atom is 0.203 e. The average molecular weight is 473 g/mol. The van der Waals surface area contributed by atoms with Crippen molar-refractivity contribution in [2.75, 3.05) is 0 Å². The first-order chi connectivity index (χ1) is 15.2. The Hall–Kier alpha value is -1.84. The molecule has 1 aromatic rings. The van der Waals surface area contributed by atoms with Crippen LogP contribution in [0.5, 0.6) is 0 Å². The summed E-state index contributed by atoms with van der Waals surface area (Å²) >= 11 is 0. The second kappa shape index (κ2) is 6.04. The van der Waals surface area contributed by atoms with E-state index in [-0.39, 0.29) is 15.6 Å². The zero-order valence-corrected chi connectivity index (χ0v) is 20.0. The van der Waals surface area contributed by atoms with Gasteiger partial charge in [-0.3, -0.25) is 4.79 Å². The van der Waals surface area contributed by atoms with Gasteiger partial charge in [-0.25, -0.2) is 8.42 Å². The van der Waals surface area contributed by atoms with Crippen molar-refractivity contribution in [3.63, 3.8) is 0 Å². The number of allylic oxidation sites excluding steroid dienone is 2. The van der Waals surface area contributed by atoms with Crippen LogP contribution in [0.15, 0.2) is 52.3 Å². The van der Waals surface area contributed by atoms with E-state index in [9.17, 15) is 18.3 Å². The highest BCUT2D eigenvalue weighted by Gasteiger charge is 2.86. The molecule has 0 aromatic heterocycles. The van der Waals surface area contributed by atoms with Gasteiger partial charge >= 0.3 is 0 Å². The number of hydrogen-bond acceptors (Lipinski definition) is 7. The van der Waals surface area contributed by atoms with E-state index in [0.717, 1.165) is 5.56 Å². The minimum atomic E-state index is -3.92. The predicted octanol–water partition coefficient (Wildman–Crippen LogP) is 2.47. The molecule has 1 N–H and O–H groups in total. The topological polar surface area (TPSA) is 102 Å². The van der Waals surface area contributed by atoms with Gasteiger partial charge in [0.25, 0.3) is 0 Å². The summed E-state index contributed by atoms with van der Waals surface area (Å²) in [5.74, 6) is -2.68. The van der Waals surface area contributed by atoms with Crippen molar-refractivity contribution in [2.45, 2.75) is 74.8 Å². The second-order valence-corrected chi connectivity index (χ2v) is 12.9. The quantitative estimate of drug-likeness (QED) is 0.533. The molecule has 1 aromatic carbocycles. The Morgan fingerprint density at radius 3 is 2.33 bits per heavy atom. The van der Waals surface area contributed by atoms with Crippen LogP contribution in [0.1, 0.15) is 33.3 Å². The third-order valence-electron chi connectivity index (χ3n) is 7.94. The van der Waals surface area contributed by atoms with Crippen molar-refractivity contribution in [3.05, 3.63) is 53.0 Å². The summed E-state index contributed by atoms with van der Waals surface area (Å²) in [7, 11) is -3.92. The second-order valence-electron chi connectivity index (χ2n) is 11.0. The van der Waals surface area contributed by atoms with E-state index < -0.39 is 62.4 Å². The zero-order valence-electron chi connectivity index (χ0n) is 19.2. The zero-order chi connectivity index (χ0) is 23.8. The summed E-state index contributed by atoms with van der Waals surface area (Å²) in [5, 5.41) is 11.0. The minimum Gasteiger partial charge on any atom is -0.390 e. The molecular weight excluding hydrogens is 444 g/mol. The largest absolute Gasteiger partial charge is 0.390 e. The Morgan fingerprint density at radius 2 is 1.70 bits per heavy atom. The number of carbonyl (C=O) groups is 1. The Bertz CT molecular complexity index is 1240. The molecule has 6 aliphatic rings. The van der Waals surface area contributed by atoms with Crippen molar-refractivity contribution in [1.29, 1.82) is 0 Å². The molecule has 7 rings (SSSR count). The normalized spacial score (nSPS) is 42.4. The molecule has 2 unspecified atom stereocenters. The number of aliphatic hydroxyl groups is 1. The van der Waals surface area contributed by atoms with Gasteiger partial charge in [-0.2, -0.15) is 0 Å². The monoisotopic (exact) mass is 472 g/mol. The number of sulfone groups is 1. The molecule has 2 bridgehead atoms. The van der Waals surface area contributed by atoms with Crippen LogP contribution in [0.3, 0.4) is 0 Å². The molecule has 7 nitrogen and oxygen atoms in total. The third kappa shape index (κ3) is 2.53. The maximum atomic E-state index is 13.9. The van der Waals surface area contributed by atoms with Crippen LogP contribution in [0.4, 0.5) is 0 Å². The predicted molar refractivity (Wildman–Crippen MR) is 118 cm³/mol. The first-order valence-electron chi connectivity index (χ1n) is 11.3. The number of ether oxygens (including phenoxy) is 3. The van der Waals surface area contributed by atoms with Gasteiger partial charge in [0.05, 0.1) is 32.8 Å². The number of carbonyl (C=O) groups excluding carboxylic acids is 1. The van der Waals surface area contributed by atoms with Gasteiger partial charge < -0.3 is 19.3 Å².